The molecule has 0 fully saturated rings. The van der Waals surface area contributed by atoms with E-state index < -0.39 is 5.91 Å². The van der Waals surface area contributed by atoms with Crippen LogP contribution in [0.5, 0.6) is 0 Å². The van der Waals surface area contributed by atoms with Gasteiger partial charge >= 0.3 is 0 Å². The number of benzene rings is 1. The number of aryl methyl sites for hydroxylation is 1. The van der Waals surface area contributed by atoms with Crippen LogP contribution in [0, 0.1) is 0 Å². The Kier molecular flexibility index (Phi) is 6.74. The molecule has 0 bridgehead atoms. The molecule has 1 aromatic carbocycles. The second-order valence-corrected chi connectivity index (χ2v) is 6.39. The van der Waals surface area contributed by atoms with Crippen LogP contribution in [-0.2, 0) is 19.5 Å². The predicted molar refractivity (Wildman–Crippen MR) is 98.1 cm³/mol. The molecule has 1 heterocycles. The molecule has 4 N–H and O–H groups in total. The number of hydrogen-bond donors (Lipinski definition) is 3. The zero-order valence-corrected chi connectivity index (χ0v) is 14.8. The minimum absolute atomic E-state index is 0.429. The third-order valence-electron chi connectivity index (χ3n) is 3.33. The first kappa shape index (κ1) is 17.9. The maximum absolute atomic E-state index is 11.2. The molecule has 0 saturated carbocycles. The predicted octanol–water partition coefficient (Wildman–Crippen LogP) is 2.06. The van der Waals surface area contributed by atoms with Crippen molar-refractivity contribution >= 4 is 23.2 Å². The van der Waals surface area contributed by atoms with Gasteiger partial charge < -0.3 is 16.4 Å². The van der Waals surface area contributed by atoms with Gasteiger partial charge in [0, 0.05) is 23.2 Å². The lowest BCUT2D eigenvalue weighted by Gasteiger charge is -2.10. The summed E-state index contributed by atoms with van der Waals surface area (Å²) < 4.78 is 0. The van der Waals surface area contributed by atoms with Crippen molar-refractivity contribution in [3.63, 3.8) is 0 Å². The molecule has 1 amide bonds. The average Bonchev–Trinajstić information content (AvgIpc) is 3.05. The van der Waals surface area contributed by atoms with Crippen LogP contribution in [0.15, 0.2) is 35.5 Å². The number of thiazole rings is 1. The minimum atomic E-state index is -0.429. The SMILES string of the molecule is CCNC(=NCc1cccc(C(N)=O)c1)NCc1ncc(CC)s1. The van der Waals surface area contributed by atoms with Gasteiger partial charge in [0.15, 0.2) is 5.96 Å². The van der Waals surface area contributed by atoms with Gasteiger partial charge in [-0.1, -0.05) is 19.1 Å². The number of carbonyl (C=O) groups excluding carboxylic acids is 1. The molecule has 0 aliphatic carbocycles. The van der Waals surface area contributed by atoms with Crippen LogP contribution >= 0.6 is 11.3 Å². The van der Waals surface area contributed by atoms with Crippen molar-refractivity contribution in [2.45, 2.75) is 33.4 Å². The Morgan fingerprint density at radius 3 is 2.83 bits per heavy atom. The highest BCUT2D eigenvalue weighted by Crippen LogP contribution is 2.12. The van der Waals surface area contributed by atoms with Gasteiger partial charge in [-0.15, -0.1) is 11.3 Å². The van der Waals surface area contributed by atoms with Gasteiger partial charge in [0.05, 0.1) is 13.1 Å². The van der Waals surface area contributed by atoms with E-state index in [2.05, 4.69) is 27.5 Å². The largest absolute Gasteiger partial charge is 0.366 e. The molecule has 0 aliphatic heterocycles. The van der Waals surface area contributed by atoms with E-state index in [0.717, 1.165) is 29.5 Å². The lowest BCUT2D eigenvalue weighted by atomic mass is 10.1. The molecule has 24 heavy (non-hydrogen) atoms. The van der Waals surface area contributed by atoms with Crippen LogP contribution in [0.1, 0.15) is 39.7 Å². The van der Waals surface area contributed by atoms with Crippen molar-refractivity contribution in [3.8, 4) is 0 Å². The molecule has 2 aromatic rings. The second kappa shape index (κ2) is 9.02. The molecule has 1 aromatic heterocycles. The monoisotopic (exact) mass is 345 g/mol. The number of aromatic nitrogens is 1. The highest BCUT2D eigenvalue weighted by Gasteiger charge is 2.04. The summed E-state index contributed by atoms with van der Waals surface area (Å²) in [5.74, 6) is 0.289. The number of hydrogen-bond acceptors (Lipinski definition) is 4. The van der Waals surface area contributed by atoms with Gasteiger partial charge in [0.2, 0.25) is 5.91 Å². The van der Waals surface area contributed by atoms with Gasteiger partial charge in [-0.25, -0.2) is 9.98 Å². The van der Waals surface area contributed by atoms with Gasteiger partial charge in [-0.3, -0.25) is 4.79 Å². The number of nitrogens with two attached hydrogens (primary N) is 1. The number of amides is 1. The fraction of sp³-hybridized carbons (Fsp3) is 0.353. The van der Waals surface area contributed by atoms with Crippen LogP contribution < -0.4 is 16.4 Å². The van der Waals surface area contributed by atoms with Crippen LogP contribution in [-0.4, -0.2) is 23.4 Å². The summed E-state index contributed by atoms with van der Waals surface area (Å²) in [6, 6.07) is 7.21. The van der Waals surface area contributed by atoms with Crippen molar-refractivity contribution < 1.29 is 4.79 Å². The minimum Gasteiger partial charge on any atom is -0.366 e. The maximum atomic E-state index is 11.2. The molecule has 128 valence electrons. The van der Waals surface area contributed by atoms with E-state index in [1.54, 1.807) is 23.5 Å². The van der Waals surface area contributed by atoms with E-state index in [0.29, 0.717) is 18.7 Å². The number of nitrogens with zero attached hydrogens (tertiary/aromatic N) is 2. The third kappa shape index (κ3) is 5.34. The van der Waals surface area contributed by atoms with E-state index in [-0.39, 0.29) is 0 Å². The fourth-order valence-electron chi connectivity index (χ4n) is 2.09. The quantitative estimate of drug-likeness (QED) is 0.529. The van der Waals surface area contributed by atoms with Gasteiger partial charge in [0.1, 0.15) is 5.01 Å². The van der Waals surface area contributed by atoms with Crippen LogP contribution in [0.4, 0.5) is 0 Å². The molecule has 0 atom stereocenters. The molecule has 6 nitrogen and oxygen atoms in total. The second-order valence-electron chi connectivity index (χ2n) is 5.19. The summed E-state index contributed by atoms with van der Waals surface area (Å²) in [6.07, 6.45) is 2.92. The first-order chi connectivity index (χ1) is 11.6. The van der Waals surface area contributed by atoms with Crippen LogP contribution in [0.2, 0.25) is 0 Å². The number of aliphatic imine (C=N–C) groups is 1. The fourth-order valence-corrected chi connectivity index (χ4v) is 2.89. The Morgan fingerprint density at radius 1 is 1.33 bits per heavy atom. The Hall–Kier alpha value is -2.41. The molecule has 0 saturated heterocycles. The molecular formula is C17H23N5OS. The average molecular weight is 345 g/mol. The van der Waals surface area contributed by atoms with Crippen LogP contribution in [0.3, 0.4) is 0 Å². The van der Waals surface area contributed by atoms with E-state index in [9.17, 15) is 4.79 Å². The summed E-state index contributed by atoms with van der Waals surface area (Å²) in [5.41, 5.74) is 6.74. The lowest BCUT2D eigenvalue weighted by Crippen LogP contribution is -2.36. The van der Waals surface area contributed by atoms with Crippen molar-refractivity contribution in [1.29, 1.82) is 0 Å². The molecule has 7 heteroatoms. The van der Waals surface area contributed by atoms with Crippen molar-refractivity contribution in [2.24, 2.45) is 10.7 Å². The lowest BCUT2D eigenvalue weighted by molar-refractivity contribution is 0.1000. The number of carbonyl (C=O) groups is 1. The van der Waals surface area contributed by atoms with Crippen LogP contribution in [0.25, 0.3) is 0 Å². The Labute approximate surface area is 146 Å². The van der Waals surface area contributed by atoms with E-state index in [4.69, 9.17) is 5.73 Å². The third-order valence-corrected chi connectivity index (χ3v) is 4.47. The van der Waals surface area contributed by atoms with E-state index in [1.807, 2.05) is 25.3 Å². The molecule has 0 spiro atoms. The smallest absolute Gasteiger partial charge is 0.248 e. The highest BCUT2D eigenvalue weighted by atomic mass is 32.1. The normalized spacial score (nSPS) is 11.3. The van der Waals surface area contributed by atoms with Gasteiger partial charge in [0.25, 0.3) is 0 Å². The standard InChI is InChI=1S/C17H23N5OS/c1-3-14-10-20-15(24-14)11-22-17(19-4-2)21-9-12-6-5-7-13(8-12)16(18)23/h5-8,10H,3-4,9,11H2,1-2H3,(H2,18,23)(H2,19,21,22). The summed E-state index contributed by atoms with van der Waals surface area (Å²) in [5, 5.41) is 7.52. The van der Waals surface area contributed by atoms with E-state index in [1.165, 1.54) is 4.88 Å². The van der Waals surface area contributed by atoms with Crippen molar-refractivity contribution in [1.82, 2.24) is 15.6 Å². The highest BCUT2D eigenvalue weighted by molar-refractivity contribution is 7.11. The summed E-state index contributed by atoms with van der Waals surface area (Å²) in [7, 11) is 0. The van der Waals surface area contributed by atoms with Gasteiger partial charge in [-0.2, -0.15) is 0 Å². The summed E-state index contributed by atoms with van der Waals surface area (Å²) in [4.78, 5) is 21.4. The number of primary amides is 1. The zero-order valence-electron chi connectivity index (χ0n) is 14.0. The zero-order chi connectivity index (χ0) is 17.4. The number of guanidine groups is 1. The number of nitrogens with one attached hydrogen (secondary N) is 2. The van der Waals surface area contributed by atoms with Crippen molar-refractivity contribution in [3.05, 3.63) is 51.5 Å². The molecular weight excluding hydrogens is 322 g/mol. The number of rotatable bonds is 7. The Balaban J connectivity index is 1.99. The molecule has 0 radical (unpaired) electrons. The molecule has 0 aliphatic rings. The van der Waals surface area contributed by atoms with Crippen molar-refractivity contribution in [2.75, 3.05) is 6.54 Å². The Morgan fingerprint density at radius 2 is 2.17 bits per heavy atom. The van der Waals surface area contributed by atoms with E-state index >= 15 is 0 Å². The molecule has 2 rings (SSSR count). The molecule has 0 unspecified atom stereocenters. The van der Waals surface area contributed by atoms with Gasteiger partial charge in [-0.05, 0) is 31.0 Å². The topological polar surface area (TPSA) is 92.4 Å². The first-order valence-electron chi connectivity index (χ1n) is 7.96. The first-order valence-corrected chi connectivity index (χ1v) is 8.78. The Bertz CT molecular complexity index is 711. The maximum Gasteiger partial charge on any atom is 0.248 e. The summed E-state index contributed by atoms with van der Waals surface area (Å²) in [6.45, 7) is 6.01. The summed E-state index contributed by atoms with van der Waals surface area (Å²) >= 11 is 1.70.